The van der Waals surface area contributed by atoms with Gasteiger partial charge in [-0.05, 0) is 39.7 Å². The van der Waals surface area contributed by atoms with Crippen molar-refractivity contribution in [2.24, 2.45) is 0 Å². The molecule has 0 spiro atoms. The monoisotopic (exact) mass is 273 g/mol. The van der Waals surface area contributed by atoms with E-state index in [0.29, 0.717) is 0 Å². The minimum Gasteiger partial charge on any atom is -0.356 e. The van der Waals surface area contributed by atoms with E-state index in [0.717, 1.165) is 54.7 Å². The van der Waals surface area contributed by atoms with Crippen LogP contribution in [0, 0.1) is 6.92 Å². The quantitative estimate of drug-likeness (QED) is 0.930. The molecule has 0 atom stereocenters. The summed E-state index contributed by atoms with van der Waals surface area (Å²) in [7, 11) is 0. The molecule has 3 heterocycles. The first-order valence-electron chi connectivity index (χ1n) is 7.60. The van der Waals surface area contributed by atoms with Crippen molar-refractivity contribution in [3.05, 3.63) is 11.8 Å². The maximum absolute atomic E-state index is 4.86. The molecule has 1 aliphatic heterocycles. The Kier molecular flexibility index (Phi) is 3.51. The molecule has 0 aromatic carbocycles. The van der Waals surface area contributed by atoms with E-state index >= 15 is 0 Å². The van der Waals surface area contributed by atoms with Gasteiger partial charge in [0.05, 0.1) is 5.39 Å². The Morgan fingerprint density at radius 3 is 2.55 bits per heavy atom. The van der Waals surface area contributed by atoms with Crippen LogP contribution in [0.3, 0.4) is 0 Å². The van der Waals surface area contributed by atoms with E-state index in [1.54, 1.807) is 0 Å². The molecule has 2 aromatic rings. The number of rotatable bonds is 4. The molecule has 108 valence electrons. The van der Waals surface area contributed by atoms with Gasteiger partial charge < -0.3 is 14.8 Å². The van der Waals surface area contributed by atoms with Gasteiger partial charge in [0.15, 0.2) is 0 Å². The van der Waals surface area contributed by atoms with Crippen LogP contribution in [-0.4, -0.2) is 41.1 Å². The molecule has 5 heteroatoms. The second kappa shape index (κ2) is 5.31. The van der Waals surface area contributed by atoms with Crippen LogP contribution in [0.1, 0.15) is 32.4 Å². The second-order valence-corrected chi connectivity index (χ2v) is 5.43. The van der Waals surface area contributed by atoms with E-state index in [-0.39, 0.29) is 0 Å². The third-order valence-electron chi connectivity index (χ3n) is 4.04. The van der Waals surface area contributed by atoms with Crippen molar-refractivity contribution in [2.75, 3.05) is 36.0 Å². The fourth-order valence-corrected chi connectivity index (χ4v) is 2.94. The maximum Gasteiger partial charge on any atom is 0.229 e. The Morgan fingerprint density at radius 1 is 1.20 bits per heavy atom. The summed E-state index contributed by atoms with van der Waals surface area (Å²) in [6, 6.07) is 2.15. The van der Waals surface area contributed by atoms with Crippen molar-refractivity contribution in [3.8, 4) is 0 Å². The molecule has 1 aliphatic rings. The Morgan fingerprint density at radius 2 is 1.90 bits per heavy atom. The number of nitrogens with zero attached hydrogens (tertiary/aromatic N) is 4. The first-order chi connectivity index (χ1) is 9.72. The van der Waals surface area contributed by atoms with Gasteiger partial charge in [-0.25, -0.2) is 0 Å². The van der Waals surface area contributed by atoms with Crippen LogP contribution in [0.4, 0.5) is 11.8 Å². The zero-order valence-corrected chi connectivity index (χ0v) is 12.6. The van der Waals surface area contributed by atoms with Crippen LogP contribution < -0.4 is 9.80 Å². The highest BCUT2D eigenvalue weighted by Gasteiger charge is 2.20. The highest BCUT2D eigenvalue weighted by molar-refractivity contribution is 5.89. The molecular weight excluding hydrogens is 250 g/mol. The third-order valence-corrected chi connectivity index (χ3v) is 4.04. The minimum absolute atomic E-state index is 0.874. The highest BCUT2D eigenvalue weighted by atomic mass is 15.3. The lowest BCUT2D eigenvalue weighted by molar-refractivity contribution is 0.835. The zero-order chi connectivity index (χ0) is 14.1. The van der Waals surface area contributed by atoms with Crippen molar-refractivity contribution in [2.45, 2.75) is 33.6 Å². The fourth-order valence-electron chi connectivity index (χ4n) is 2.94. The molecule has 20 heavy (non-hydrogen) atoms. The Hall–Kier alpha value is -1.78. The lowest BCUT2D eigenvalue weighted by Gasteiger charge is -2.23. The van der Waals surface area contributed by atoms with E-state index in [4.69, 9.17) is 9.97 Å². The van der Waals surface area contributed by atoms with Gasteiger partial charge in [0, 0.05) is 31.9 Å². The van der Waals surface area contributed by atoms with E-state index in [2.05, 4.69) is 41.6 Å². The minimum atomic E-state index is 0.874. The number of anilines is 2. The molecule has 0 amide bonds. The number of fused-ring (bicyclic) bond motifs is 1. The molecule has 0 radical (unpaired) electrons. The van der Waals surface area contributed by atoms with Crippen molar-refractivity contribution in [1.29, 1.82) is 0 Å². The summed E-state index contributed by atoms with van der Waals surface area (Å²) in [5, 5.41) is 1.13. The van der Waals surface area contributed by atoms with Gasteiger partial charge in [-0.3, -0.25) is 0 Å². The van der Waals surface area contributed by atoms with E-state index < -0.39 is 0 Å². The number of aryl methyl sites for hydroxylation is 1. The topological polar surface area (TPSA) is 48.1 Å². The first kappa shape index (κ1) is 13.2. The molecule has 1 saturated heterocycles. The molecule has 0 aliphatic carbocycles. The number of aromatic amines is 1. The lowest BCUT2D eigenvalue weighted by Crippen LogP contribution is -2.26. The lowest BCUT2D eigenvalue weighted by atomic mass is 10.3. The number of nitrogens with one attached hydrogen (secondary N) is 1. The van der Waals surface area contributed by atoms with Crippen LogP contribution in [0.2, 0.25) is 0 Å². The van der Waals surface area contributed by atoms with Crippen LogP contribution in [0.15, 0.2) is 6.07 Å². The summed E-state index contributed by atoms with van der Waals surface area (Å²) in [5.41, 5.74) is 2.10. The van der Waals surface area contributed by atoms with E-state index in [1.807, 2.05) is 0 Å². The molecule has 5 nitrogen and oxygen atoms in total. The largest absolute Gasteiger partial charge is 0.356 e. The Bertz CT molecular complexity index is 594. The fraction of sp³-hybridized carbons (Fsp3) is 0.600. The second-order valence-electron chi connectivity index (χ2n) is 5.43. The molecule has 0 unspecified atom stereocenters. The van der Waals surface area contributed by atoms with Crippen LogP contribution >= 0.6 is 0 Å². The molecule has 3 rings (SSSR count). The first-order valence-corrected chi connectivity index (χ1v) is 7.60. The summed E-state index contributed by atoms with van der Waals surface area (Å²) in [4.78, 5) is 17.5. The predicted molar refractivity (Wildman–Crippen MR) is 83.6 cm³/mol. The summed E-state index contributed by atoms with van der Waals surface area (Å²) in [6.07, 6.45) is 2.48. The summed E-state index contributed by atoms with van der Waals surface area (Å²) in [5.74, 6) is 1.94. The number of H-pyrrole nitrogens is 1. The van der Waals surface area contributed by atoms with Crippen molar-refractivity contribution in [1.82, 2.24) is 15.0 Å². The van der Waals surface area contributed by atoms with Crippen molar-refractivity contribution in [3.63, 3.8) is 0 Å². The van der Waals surface area contributed by atoms with Gasteiger partial charge in [0.2, 0.25) is 5.95 Å². The standard InChI is InChI=1S/C15H23N5/c1-4-19(5-2)14-12-10-11(3)16-13(12)17-15(18-14)20-8-6-7-9-20/h10H,4-9H2,1-3H3,(H,16,17,18). The number of hydrogen-bond acceptors (Lipinski definition) is 4. The zero-order valence-electron chi connectivity index (χ0n) is 12.6. The summed E-state index contributed by atoms with van der Waals surface area (Å²) >= 11 is 0. The van der Waals surface area contributed by atoms with E-state index in [1.165, 1.54) is 12.8 Å². The molecular formula is C15H23N5. The third kappa shape index (κ3) is 2.21. The van der Waals surface area contributed by atoms with Gasteiger partial charge >= 0.3 is 0 Å². The van der Waals surface area contributed by atoms with Gasteiger partial charge in [-0.1, -0.05) is 0 Å². The molecule has 1 N–H and O–H groups in total. The highest BCUT2D eigenvalue weighted by Crippen LogP contribution is 2.28. The van der Waals surface area contributed by atoms with Gasteiger partial charge in [-0.2, -0.15) is 9.97 Å². The van der Waals surface area contributed by atoms with E-state index in [9.17, 15) is 0 Å². The smallest absolute Gasteiger partial charge is 0.229 e. The summed E-state index contributed by atoms with van der Waals surface area (Å²) in [6.45, 7) is 10.5. The van der Waals surface area contributed by atoms with Crippen molar-refractivity contribution >= 4 is 22.8 Å². The summed E-state index contributed by atoms with van der Waals surface area (Å²) < 4.78 is 0. The normalized spacial score (nSPS) is 15.2. The Labute approximate surface area is 120 Å². The van der Waals surface area contributed by atoms with Crippen LogP contribution in [0.5, 0.6) is 0 Å². The maximum atomic E-state index is 4.86. The van der Waals surface area contributed by atoms with Gasteiger partial charge in [0.25, 0.3) is 0 Å². The average molecular weight is 273 g/mol. The molecule has 0 saturated carbocycles. The van der Waals surface area contributed by atoms with Gasteiger partial charge in [0.1, 0.15) is 11.5 Å². The van der Waals surface area contributed by atoms with Crippen LogP contribution in [-0.2, 0) is 0 Å². The number of hydrogen-bond donors (Lipinski definition) is 1. The molecule has 0 bridgehead atoms. The molecule has 2 aromatic heterocycles. The Balaban J connectivity index is 2.13. The molecule has 1 fully saturated rings. The average Bonchev–Trinajstić information content (AvgIpc) is 3.07. The number of aromatic nitrogens is 3. The van der Waals surface area contributed by atoms with Crippen molar-refractivity contribution < 1.29 is 0 Å². The SMILES string of the molecule is CCN(CC)c1nc(N2CCCC2)nc2[nH]c(C)cc12. The van der Waals surface area contributed by atoms with Gasteiger partial charge in [-0.15, -0.1) is 0 Å². The predicted octanol–water partition coefficient (Wildman–Crippen LogP) is 2.71. The van der Waals surface area contributed by atoms with Crippen LogP contribution in [0.25, 0.3) is 11.0 Å².